The Morgan fingerprint density at radius 3 is 2.80 bits per heavy atom. The minimum Gasteiger partial charge on any atom is -0.388 e. The molecule has 0 aromatic heterocycles. The molecule has 1 N–H and O–H groups in total. The Labute approximate surface area is 125 Å². The molecule has 1 unspecified atom stereocenters. The Hall–Kier alpha value is -0.720. The molecular weight excluding hydrogens is 294 g/mol. The average Bonchev–Trinajstić information content (AvgIpc) is 2.45. The fraction of sp³-hybridized carbons (Fsp3) is 0.571. The van der Waals surface area contributed by atoms with Crippen LogP contribution in [0, 0.1) is 0 Å². The van der Waals surface area contributed by atoms with Gasteiger partial charge in [-0.3, -0.25) is 0 Å². The minimum atomic E-state index is -3.15. The maximum atomic E-state index is 12.0. The van der Waals surface area contributed by atoms with E-state index in [0.717, 1.165) is 17.0 Å². The number of aliphatic hydroxyl groups is 1. The standard InChI is InChI=1S/C14H21NO3S2/c1-3-13(16)11-6-4-5-7-12(11)15-8-9-19-10-14(15)20(2,17)18/h4-7,13-14,16H,3,8-10H2,1-2H3/t13-,14?/m0/s1. The average molecular weight is 315 g/mol. The largest absolute Gasteiger partial charge is 0.388 e. The van der Waals surface area contributed by atoms with Crippen molar-refractivity contribution >= 4 is 27.3 Å². The Bertz CT molecular complexity index is 559. The maximum Gasteiger partial charge on any atom is 0.169 e. The smallest absolute Gasteiger partial charge is 0.169 e. The van der Waals surface area contributed by atoms with Crippen LogP contribution in [0.4, 0.5) is 5.69 Å². The fourth-order valence-corrected chi connectivity index (χ4v) is 5.29. The third-order valence-corrected chi connectivity index (χ3v) is 6.21. The first kappa shape index (κ1) is 15.7. The van der Waals surface area contributed by atoms with Crippen molar-refractivity contribution in [3.8, 4) is 0 Å². The highest BCUT2D eigenvalue weighted by Gasteiger charge is 2.32. The Morgan fingerprint density at radius 1 is 1.45 bits per heavy atom. The summed E-state index contributed by atoms with van der Waals surface area (Å²) in [5.41, 5.74) is 1.66. The van der Waals surface area contributed by atoms with Crippen molar-refractivity contribution in [2.24, 2.45) is 0 Å². The van der Waals surface area contributed by atoms with Crippen LogP contribution in [0.15, 0.2) is 24.3 Å². The van der Waals surface area contributed by atoms with Gasteiger partial charge in [0, 0.05) is 35.6 Å². The predicted octanol–water partition coefficient (Wildman–Crippen LogP) is 2.05. The molecule has 0 amide bonds. The second kappa shape index (κ2) is 6.37. The quantitative estimate of drug-likeness (QED) is 0.921. The van der Waals surface area contributed by atoms with Crippen LogP contribution in [0.1, 0.15) is 25.0 Å². The van der Waals surface area contributed by atoms with Crippen molar-refractivity contribution in [1.29, 1.82) is 0 Å². The molecule has 1 aliphatic heterocycles. The second-order valence-corrected chi connectivity index (χ2v) is 8.39. The molecule has 0 spiro atoms. The van der Waals surface area contributed by atoms with Crippen LogP contribution in [0.3, 0.4) is 0 Å². The van der Waals surface area contributed by atoms with E-state index in [0.29, 0.717) is 18.7 Å². The van der Waals surface area contributed by atoms with E-state index >= 15 is 0 Å². The molecule has 1 aromatic rings. The van der Waals surface area contributed by atoms with E-state index in [1.54, 1.807) is 11.8 Å². The third-order valence-electron chi connectivity index (χ3n) is 3.57. The van der Waals surface area contributed by atoms with Gasteiger partial charge in [-0.15, -0.1) is 0 Å². The summed E-state index contributed by atoms with van der Waals surface area (Å²) in [6, 6.07) is 7.56. The van der Waals surface area contributed by atoms with Gasteiger partial charge in [-0.1, -0.05) is 25.1 Å². The molecule has 2 atom stereocenters. The van der Waals surface area contributed by atoms with E-state index < -0.39 is 21.3 Å². The van der Waals surface area contributed by atoms with Crippen LogP contribution in [-0.4, -0.2) is 43.2 Å². The van der Waals surface area contributed by atoms with Crippen LogP contribution in [-0.2, 0) is 9.84 Å². The number of hydrogen-bond donors (Lipinski definition) is 1. The van der Waals surface area contributed by atoms with E-state index in [-0.39, 0.29) is 0 Å². The van der Waals surface area contributed by atoms with E-state index in [2.05, 4.69) is 0 Å². The number of nitrogens with zero attached hydrogens (tertiary/aromatic N) is 1. The Balaban J connectivity index is 2.43. The molecule has 20 heavy (non-hydrogen) atoms. The molecular formula is C14H21NO3S2. The lowest BCUT2D eigenvalue weighted by Gasteiger charge is -2.37. The number of rotatable bonds is 4. The van der Waals surface area contributed by atoms with Gasteiger partial charge in [0.25, 0.3) is 0 Å². The zero-order chi connectivity index (χ0) is 14.8. The molecule has 1 aromatic carbocycles. The highest BCUT2D eigenvalue weighted by molar-refractivity contribution is 8.01. The van der Waals surface area contributed by atoms with Gasteiger partial charge < -0.3 is 10.0 Å². The summed E-state index contributed by atoms with van der Waals surface area (Å²) in [6.07, 6.45) is 1.35. The summed E-state index contributed by atoms with van der Waals surface area (Å²) in [5.74, 6) is 1.48. The Kier molecular flexibility index (Phi) is 4.99. The molecule has 1 aliphatic rings. The van der Waals surface area contributed by atoms with Crippen molar-refractivity contribution in [3.63, 3.8) is 0 Å². The molecule has 1 heterocycles. The van der Waals surface area contributed by atoms with Crippen LogP contribution in [0.25, 0.3) is 0 Å². The summed E-state index contributed by atoms with van der Waals surface area (Å²) < 4.78 is 24.0. The topological polar surface area (TPSA) is 57.6 Å². The number of anilines is 1. The van der Waals surface area contributed by atoms with Gasteiger partial charge in [-0.05, 0) is 12.5 Å². The fourth-order valence-electron chi connectivity index (χ4n) is 2.46. The van der Waals surface area contributed by atoms with Gasteiger partial charge in [-0.2, -0.15) is 11.8 Å². The first-order valence-corrected chi connectivity index (χ1v) is 9.86. The van der Waals surface area contributed by atoms with Gasteiger partial charge in [0.05, 0.1) is 6.10 Å². The molecule has 1 saturated heterocycles. The molecule has 112 valence electrons. The third kappa shape index (κ3) is 3.30. The minimum absolute atomic E-state index is 0.508. The zero-order valence-corrected chi connectivity index (χ0v) is 13.5. The molecule has 0 saturated carbocycles. The Morgan fingerprint density at radius 2 is 2.15 bits per heavy atom. The summed E-state index contributed by atoms with van der Waals surface area (Å²) >= 11 is 1.66. The lowest BCUT2D eigenvalue weighted by Crippen LogP contribution is -2.47. The van der Waals surface area contributed by atoms with Crippen molar-refractivity contribution in [2.45, 2.75) is 24.8 Å². The van der Waals surface area contributed by atoms with E-state index in [1.165, 1.54) is 6.26 Å². The first-order valence-electron chi connectivity index (χ1n) is 6.75. The van der Waals surface area contributed by atoms with Crippen LogP contribution < -0.4 is 4.90 Å². The van der Waals surface area contributed by atoms with Crippen molar-refractivity contribution in [3.05, 3.63) is 29.8 Å². The summed E-state index contributed by atoms with van der Waals surface area (Å²) in [6.45, 7) is 2.61. The SMILES string of the molecule is CC[C@H](O)c1ccccc1N1CCSCC1S(C)(=O)=O. The number of benzene rings is 1. The monoisotopic (exact) mass is 315 g/mol. The number of para-hydroxylation sites is 1. The number of aliphatic hydroxyl groups excluding tert-OH is 1. The highest BCUT2D eigenvalue weighted by Crippen LogP contribution is 2.33. The van der Waals surface area contributed by atoms with Crippen LogP contribution in [0.2, 0.25) is 0 Å². The van der Waals surface area contributed by atoms with Crippen molar-refractivity contribution in [1.82, 2.24) is 0 Å². The normalized spacial score (nSPS) is 21.8. The van der Waals surface area contributed by atoms with Gasteiger partial charge >= 0.3 is 0 Å². The first-order chi connectivity index (χ1) is 9.45. The number of sulfone groups is 1. The molecule has 0 bridgehead atoms. The summed E-state index contributed by atoms with van der Waals surface area (Å²) in [4.78, 5) is 1.93. The van der Waals surface area contributed by atoms with Crippen molar-refractivity contribution < 1.29 is 13.5 Å². The molecule has 6 heteroatoms. The molecule has 1 fully saturated rings. The predicted molar refractivity (Wildman–Crippen MR) is 85.0 cm³/mol. The van der Waals surface area contributed by atoms with Gasteiger partial charge in [0.15, 0.2) is 9.84 Å². The lowest BCUT2D eigenvalue weighted by molar-refractivity contribution is 0.174. The van der Waals surface area contributed by atoms with Crippen LogP contribution >= 0.6 is 11.8 Å². The van der Waals surface area contributed by atoms with E-state index in [1.807, 2.05) is 36.1 Å². The molecule has 0 aliphatic carbocycles. The van der Waals surface area contributed by atoms with E-state index in [9.17, 15) is 13.5 Å². The molecule has 0 radical (unpaired) electrons. The highest BCUT2D eigenvalue weighted by atomic mass is 32.2. The van der Waals surface area contributed by atoms with Crippen LogP contribution in [0.5, 0.6) is 0 Å². The number of thioether (sulfide) groups is 1. The van der Waals surface area contributed by atoms with E-state index in [4.69, 9.17) is 0 Å². The van der Waals surface area contributed by atoms with Gasteiger partial charge in [0.1, 0.15) is 5.37 Å². The second-order valence-electron chi connectivity index (χ2n) is 5.04. The molecule has 4 nitrogen and oxygen atoms in total. The van der Waals surface area contributed by atoms with Gasteiger partial charge in [0.2, 0.25) is 0 Å². The number of hydrogen-bond acceptors (Lipinski definition) is 5. The zero-order valence-electron chi connectivity index (χ0n) is 11.8. The van der Waals surface area contributed by atoms with Crippen molar-refractivity contribution in [2.75, 3.05) is 29.2 Å². The summed E-state index contributed by atoms with van der Waals surface area (Å²) in [7, 11) is -3.15. The lowest BCUT2D eigenvalue weighted by atomic mass is 10.0. The maximum absolute atomic E-state index is 12.0. The molecule has 2 rings (SSSR count). The van der Waals surface area contributed by atoms with Gasteiger partial charge in [-0.25, -0.2) is 8.42 Å². The summed E-state index contributed by atoms with van der Waals surface area (Å²) in [5, 5.41) is 9.64.